The van der Waals surface area contributed by atoms with Gasteiger partial charge in [0.25, 0.3) is 0 Å². The van der Waals surface area contributed by atoms with Crippen molar-refractivity contribution in [3.05, 3.63) is 22.4 Å². The van der Waals surface area contributed by atoms with Crippen molar-refractivity contribution in [2.75, 3.05) is 0 Å². The predicted molar refractivity (Wildman–Crippen MR) is 69.6 cm³/mol. The summed E-state index contributed by atoms with van der Waals surface area (Å²) in [7, 11) is 0. The number of nitrogens with two attached hydrogens (primary N) is 1. The molecule has 0 spiro atoms. The highest BCUT2D eigenvalue weighted by Crippen LogP contribution is 2.36. The molecule has 1 aliphatic carbocycles. The Hall–Kier alpha value is -0.0500. The second-order valence-electron chi connectivity index (χ2n) is 4.56. The third kappa shape index (κ3) is 3.20. The molecule has 1 nitrogen and oxygen atoms in total. The summed E-state index contributed by atoms with van der Waals surface area (Å²) in [5, 5.41) is 2.13. The van der Waals surface area contributed by atoms with E-state index in [-0.39, 0.29) is 12.4 Å². The lowest BCUT2D eigenvalue weighted by molar-refractivity contribution is 0.258. The molecule has 3 heteroatoms. The molecule has 2 N–H and O–H groups in total. The summed E-state index contributed by atoms with van der Waals surface area (Å²) in [5.41, 5.74) is 6.27. The van der Waals surface area contributed by atoms with Crippen LogP contribution in [0.3, 0.4) is 0 Å². The molecule has 1 aromatic heterocycles. The molecule has 0 amide bonds. The highest BCUT2D eigenvalue weighted by molar-refractivity contribution is 7.10. The molecule has 0 bridgehead atoms. The molecule has 1 aliphatic rings. The van der Waals surface area contributed by atoms with Crippen molar-refractivity contribution in [3.63, 3.8) is 0 Å². The van der Waals surface area contributed by atoms with Gasteiger partial charge in [0.2, 0.25) is 0 Å². The zero-order chi connectivity index (χ0) is 9.97. The molecule has 15 heavy (non-hydrogen) atoms. The fraction of sp³-hybridized carbons (Fsp3) is 0.667. The molecule has 1 fully saturated rings. The summed E-state index contributed by atoms with van der Waals surface area (Å²) >= 11 is 1.80. The number of hydrogen-bond donors (Lipinski definition) is 1. The molecule has 0 aromatic carbocycles. The topological polar surface area (TPSA) is 26.0 Å². The maximum absolute atomic E-state index is 6.27. The van der Waals surface area contributed by atoms with Crippen molar-refractivity contribution >= 4 is 23.7 Å². The van der Waals surface area contributed by atoms with Crippen LogP contribution in [0.1, 0.15) is 43.5 Å². The van der Waals surface area contributed by atoms with Crippen molar-refractivity contribution in [2.45, 2.75) is 38.6 Å². The van der Waals surface area contributed by atoms with Gasteiger partial charge < -0.3 is 5.73 Å². The zero-order valence-corrected chi connectivity index (χ0v) is 10.8. The van der Waals surface area contributed by atoms with Gasteiger partial charge in [0.1, 0.15) is 0 Å². The average molecular weight is 246 g/mol. The molecular weight excluding hydrogens is 226 g/mol. The van der Waals surface area contributed by atoms with Crippen molar-refractivity contribution in [1.29, 1.82) is 0 Å². The lowest BCUT2D eigenvalue weighted by atomic mass is 9.79. The maximum atomic E-state index is 6.27. The molecule has 1 unspecified atom stereocenters. The van der Waals surface area contributed by atoms with Gasteiger partial charge in [0, 0.05) is 10.9 Å². The van der Waals surface area contributed by atoms with Crippen LogP contribution in [-0.2, 0) is 0 Å². The smallest absolute Gasteiger partial charge is 0.0418 e. The molecule has 0 radical (unpaired) electrons. The van der Waals surface area contributed by atoms with E-state index in [1.807, 2.05) is 0 Å². The second kappa shape index (κ2) is 5.88. The minimum absolute atomic E-state index is 0. The highest BCUT2D eigenvalue weighted by atomic mass is 35.5. The van der Waals surface area contributed by atoms with Crippen molar-refractivity contribution in [2.24, 2.45) is 17.6 Å². The van der Waals surface area contributed by atoms with Crippen molar-refractivity contribution in [1.82, 2.24) is 0 Å². The van der Waals surface area contributed by atoms with E-state index < -0.39 is 0 Å². The van der Waals surface area contributed by atoms with Crippen LogP contribution < -0.4 is 5.73 Å². The van der Waals surface area contributed by atoms with E-state index in [4.69, 9.17) is 5.73 Å². The Morgan fingerprint density at radius 3 is 2.53 bits per heavy atom. The third-order valence-corrected chi connectivity index (χ3v) is 4.41. The fourth-order valence-electron chi connectivity index (χ4n) is 2.36. The molecule has 0 aliphatic heterocycles. The van der Waals surface area contributed by atoms with Crippen LogP contribution in [0.25, 0.3) is 0 Å². The largest absolute Gasteiger partial charge is 0.323 e. The lowest BCUT2D eigenvalue weighted by Gasteiger charge is -2.30. The van der Waals surface area contributed by atoms with Crippen LogP contribution in [0, 0.1) is 11.8 Å². The van der Waals surface area contributed by atoms with Gasteiger partial charge in [-0.1, -0.05) is 25.8 Å². The summed E-state index contributed by atoms with van der Waals surface area (Å²) in [5.74, 6) is 1.65. The van der Waals surface area contributed by atoms with Gasteiger partial charge >= 0.3 is 0 Å². The van der Waals surface area contributed by atoms with Gasteiger partial charge in [0.05, 0.1) is 0 Å². The number of thiophene rings is 1. The van der Waals surface area contributed by atoms with E-state index >= 15 is 0 Å². The lowest BCUT2D eigenvalue weighted by Crippen LogP contribution is -2.24. The van der Waals surface area contributed by atoms with Gasteiger partial charge in [0.15, 0.2) is 0 Å². The minimum Gasteiger partial charge on any atom is -0.323 e. The van der Waals surface area contributed by atoms with Crippen LogP contribution in [0.15, 0.2) is 17.5 Å². The summed E-state index contributed by atoms with van der Waals surface area (Å²) < 4.78 is 0. The van der Waals surface area contributed by atoms with Gasteiger partial charge in [-0.2, -0.15) is 0 Å². The Bertz CT molecular complexity index is 265. The van der Waals surface area contributed by atoms with E-state index in [1.54, 1.807) is 11.3 Å². The number of halogens is 1. The van der Waals surface area contributed by atoms with Gasteiger partial charge in [-0.05, 0) is 36.1 Å². The first-order valence-corrected chi connectivity index (χ1v) is 6.44. The summed E-state index contributed by atoms with van der Waals surface area (Å²) in [6, 6.07) is 4.57. The summed E-state index contributed by atoms with van der Waals surface area (Å²) in [4.78, 5) is 1.37. The van der Waals surface area contributed by atoms with E-state index in [2.05, 4.69) is 24.4 Å². The molecule has 1 atom stereocenters. The van der Waals surface area contributed by atoms with Crippen LogP contribution in [-0.4, -0.2) is 0 Å². The average Bonchev–Trinajstić information content (AvgIpc) is 2.71. The second-order valence-corrected chi connectivity index (χ2v) is 5.54. The molecule has 1 heterocycles. The predicted octanol–water partition coefficient (Wildman–Crippen LogP) is 4.00. The van der Waals surface area contributed by atoms with Crippen LogP contribution in [0.2, 0.25) is 0 Å². The Labute approximate surface area is 102 Å². The monoisotopic (exact) mass is 245 g/mol. The molecule has 2 rings (SSSR count). The molecule has 86 valence electrons. The van der Waals surface area contributed by atoms with Crippen molar-refractivity contribution in [3.8, 4) is 0 Å². The number of rotatable bonds is 2. The third-order valence-electron chi connectivity index (χ3n) is 3.44. The van der Waals surface area contributed by atoms with Gasteiger partial charge in [-0.3, -0.25) is 0 Å². The van der Waals surface area contributed by atoms with Gasteiger partial charge in [-0.25, -0.2) is 0 Å². The SMILES string of the molecule is CC1CCC(C(N)c2cccs2)CC1.Cl. The first kappa shape index (κ1) is 13.0. The zero-order valence-electron chi connectivity index (χ0n) is 9.19. The summed E-state index contributed by atoms with van der Waals surface area (Å²) in [6.07, 6.45) is 5.37. The van der Waals surface area contributed by atoms with E-state index in [9.17, 15) is 0 Å². The van der Waals surface area contributed by atoms with Crippen molar-refractivity contribution < 1.29 is 0 Å². The van der Waals surface area contributed by atoms with Crippen LogP contribution in [0.5, 0.6) is 0 Å². The van der Waals surface area contributed by atoms with E-state index in [1.165, 1.54) is 30.6 Å². The van der Waals surface area contributed by atoms with Crippen LogP contribution in [0.4, 0.5) is 0 Å². The maximum Gasteiger partial charge on any atom is 0.0418 e. The fourth-order valence-corrected chi connectivity index (χ4v) is 3.18. The normalized spacial score (nSPS) is 28.1. The Kier molecular flexibility index (Phi) is 5.10. The quantitative estimate of drug-likeness (QED) is 0.838. The summed E-state index contributed by atoms with van der Waals surface area (Å²) in [6.45, 7) is 2.35. The standard InChI is InChI=1S/C12H19NS.ClH/c1-9-4-6-10(7-5-9)12(13)11-3-2-8-14-11;/h2-3,8-10,12H,4-7,13H2,1H3;1H. The highest BCUT2D eigenvalue weighted by Gasteiger charge is 2.24. The van der Waals surface area contributed by atoms with Crippen LogP contribution >= 0.6 is 23.7 Å². The Balaban J connectivity index is 0.00000112. The van der Waals surface area contributed by atoms with E-state index in [0.29, 0.717) is 6.04 Å². The van der Waals surface area contributed by atoms with Gasteiger partial charge in [-0.15, -0.1) is 23.7 Å². The Morgan fingerprint density at radius 1 is 1.33 bits per heavy atom. The molecule has 1 aromatic rings. The Morgan fingerprint density at radius 2 is 2.00 bits per heavy atom. The molecular formula is C12H20ClNS. The van der Waals surface area contributed by atoms with E-state index in [0.717, 1.165) is 11.8 Å². The number of hydrogen-bond acceptors (Lipinski definition) is 2. The first-order chi connectivity index (χ1) is 6.77. The molecule has 1 saturated carbocycles. The first-order valence-electron chi connectivity index (χ1n) is 5.56. The molecule has 0 saturated heterocycles. The minimum atomic E-state index is 0.